The van der Waals surface area contributed by atoms with Crippen LogP contribution in [0.2, 0.25) is 0 Å². The molecule has 5 heteroatoms. The molecule has 57 heavy (non-hydrogen) atoms. The minimum atomic E-state index is 0. The molecule has 0 saturated carbocycles. The van der Waals surface area contributed by atoms with Gasteiger partial charge in [0.2, 0.25) is 0 Å². The smallest absolute Gasteiger partial charge is 0.0774 e. The van der Waals surface area contributed by atoms with Crippen LogP contribution >= 0.6 is 11.3 Å². The fraction of sp³-hybridized carbons (Fsp3) is 0.0385. The molecule has 10 rings (SSSR count). The van der Waals surface area contributed by atoms with Crippen molar-refractivity contribution in [1.29, 1.82) is 0 Å². The minimum Gasteiger partial charge on any atom is -0.332 e. The summed E-state index contributed by atoms with van der Waals surface area (Å²) in [6.07, 6.45) is 1.79. The van der Waals surface area contributed by atoms with Crippen LogP contribution in [0.25, 0.3) is 82.8 Å². The fourth-order valence-corrected chi connectivity index (χ4v) is 8.37. The van der Waals surface area contributed by atoms with Gasteiger partial charge in [-0.25, -0.2) is 0 Å². The molecule has 0 saturated heterocycles. The molecule has 0 aliphatic heterocycles. The van der Waals surface area contributed by atoms with Gasteiger partial charge in [-0.05, 0) is 71.1 Å². The SMILES string of the molecule is Cc1cccc(C)c1-c1ccc2s[c-]c(-c3nc4ccccc4n3-c3c(-c4ccccc4)cccc3-c3ccccc3)c2c1.[Ir].[c-]1ccccc1-c1ccccn1. The van der Waals surface area contributed by atoms with Crippen molar-refractivity contribution in [2.24, 2.45) is 0 Å². The predicted octanol–water partition coefficient (Wildman–Crippen LogP) is 13.9. The molecule has 3 aromatic heterocycles. The first-order chi connectivity index (χ1) is 27.6. The molecule has 7 aromatic carbocycles. The van der Waals surface area contributed by atoms with E-state index in [1.54, 1.807) is 17.5 Å². The topological polar surface area (TPSA) is 30.7 Å². The number of benzene rings is 7. The van der Waals surface area contributed by atoms with Crippen molar-refractivity contribution in [2.45, 2.75) is 13.8 Å². The second-order valence-corrected chi connectivity index (χ2v) is 14.6. The van der Waals surface area contributed by atoms with E-state index in [0.717, 1.165) is 50.5 Å². The van der Waals surface area contributed by atoms with Crippen LogP contribution in [-0.4, -0.2) is 14.5 Å². The van der Waals surface area contributed by atoms with Gasteiger partial charge >= 0.3 is 0 Å². The van der Waals surface area contributed by atoms with E-state index >= 15 is 0 Å². The van der Waals surface area contributed by atoms with E-state index in [1.807, 2.05) is 42.5 Å². The average Bonchev–Trinajstić information content (AvgIpc) is 3.86. The molecule has 3 heterocycles. The third-order valence-corrected chi connectivity index (χ3v) is 11.0. The van der Waals surface area contributed by atoms with Crippen LogP contribution in [0.1, 0.15) is 11.1 Å². The zero-order valence-electron chi connectivity index (χ0n) is 31.5. The number of para-hydroxylation sites is 3. The molecule has 277 valence electrons. The summed E-state index contributed by atoms with van der Waals surface area (Å²) in [4.78, 5) is 9.54. The molecular weight excluding hydrogens is 891 g/mol. The van der Waals surface area contributed by atoms with Crippen molar-refractivity contribution in [3.63, 3.8) is 0 Å². The molecule has 10 aromatic rings. The number of fused-ring (bicyclic) bond motifs is 2. The quantitative estimate of drug-likeness (QED) is 0.156. The molecule has 0 aliphatic rings. The minimum absolute atomic E-state index is 0. The van der Waals surface area contributed by atoms with Gasteiger partial charge in [-0.1, -0.05) is 155 Å². The van der Waals surface area contributed by atoms with E-state index in [9.17, 15) is 0 Å². The monoisotopic (exact) mass is 928 g/mol. The van der Waals surface area contributed by atoms with Crippen LogP contribution in [0.5, 0.6) is 0 Å². The Morgan fingerprint density at radius 2 is 1.23 bits per heavy atom. The number of thiophene rings is 1. The Kier molecular flexibility index (Phi) is 11.2. The Balaban J connectivity index is 0.000000300. The summed E-state index contributed by atoms with van der Waals surface area (Å²) in [5.41, 5.74) is 15.9. The Bertz CT molecular complexity index is 2800. The van der Waals surface area contributed by atoms with Gasteiger partial charge in [0.05, 0.1) is 22.5 Å². The summed E-state index contributed by atoms with van der Waals surface area (Å²) >= 11 is 1.66. The van der Waals surface area contributed by atoms with Gasteiger partial charge in [-0.2, -0.15) is 0 Å². The molecule has 0 unspecified atom stereocenters. The number of nitrogens with zero attached hydrogens (tertiary/aromatic N) is 3. The molecule has 0 N–H and O–H groups in total. The van der Waals surface area contributed by atoms with Gasteiger partial charge in [-0.3, -0.25) is 16.3 Å². The zero-order chi connectivity index (χ0) is 37.8. The van der Waals surface area contributed by atoms with E-state index in [1.165, 1.54) is 43.5 Å². The third kappa shape index (κ3) is 7.53. The van der Waals surface area contributed by atoms with Crippen LogP contribution in [-0.2, 0) is 20.1 Å². The molecule has 0 spiro atoms. The number of imidazole rings is 1. The maximum atomic E-state index is 5.33. The molecule has 0 bridgehead atoms. The number of pyridine rings is 1. The standard InChI is InChI=1S/C41H29N2S.C11H8N.Ir/c1-27-13-11-14-28(2)39(27)31-23-24-38-34(25-31)35(26-44-38)41-42-36-21-9-10-22-37(36)43(41)40-32(29-15-5-3-6-16-29)19-12-20-33(40)30-17-7-4-8-18-30;1-2-6-10(7-3-1)11-8-4-5-9-12-11;/h3-25H,1-2H3;1-6,8-9H;/q2*-1;. The van der Waals surface area contributed by atoms with Gasteiger partial charge in [0, 0.05) is 37.4 Å². The summed E-state index contributed by atoms with van der Waals surface area (Å²) in [6, 6.07) is 66.6. The van der Waals surface area contributed by atoms with Crippen molar-refractivity contribution in [3.8, 4) is 61.7 Å². The van der Waals surface area contributed by atoms with E-state index in [0.29, 0.717) is 0 Å². The Morgan fingerprint density at radius 3 is 1.89 bits per heavy atom. The summed E-state index contributed by atoms with van der Waals surface area (Å²) in [5.74, 6) is 0.900. The van der Waals surface area contributed by atoms with Crippen LogP contribution in [0.4, 0.5) is 0 Å². The van der Waals surface area contributed by atoms with Crippen molar-refractivity contribution in [2.75, 3.05) is 0 Å². The van der Waals surface area contributed by atoms with Crippen LogP contribution in [0.3, 0.4) is 0 Å². The molecular formula is C52H37IrN3S-2. The van der Waals surface area contributed by atoms with E-state index in [2.05, 4.69) is 174 Å². The van der Waals surface area contributed by atoms with Gasteiger partial charge in [0.15, 0.2) is 0 Å². The summed E-state index contributed by atoms with van der Waals surface area (Å²) in [7, 11) is 0. The van der Waals surface area contributed by atoms with Gasteiger partial charge in [0.1, 0.15) is 0 Å². The van der Waals surface area contributed by atoms with Crippen molar-refractivity contribution in [1.82, 2.24) is 14.5 Å². The summed E-state index contributed by atoms with van der Waals surface area (Å²) < 4.78 is 3.57. The van der Waals surface area contributed by atoms with E-state index < -0.39 is 0 Å². The normalized spacial score (nSPS) is 10.8. The molecule has 0 aliphatic carbocycles. The number of hydrogen-bond acceptors (Lipinski definition) is 3. The first-order valence-corrected chi connectivity index (χ1v) is 19.6. The van der Waals surface area contributed by atoms with E-state index in [-0.39, 0.29) is 20.1 Å². The Hall–Kier alpha value is -6.23. The van der Waals surface area contributed by atoms with E-state index in [4.69, 9.17) is 4.98 Å². The van der Waals surface area contributed by atoms with Crippen molar-refractivity contribution in [3.05, 3.63) is 211 Å². The first-order valence-electron chi connectivity index (χ1n) is 18.7. The van der Waals surface area contributed by atoms with Crippen LogP contribution in [0, 0.1) is 25.3 Å². The maximum absolute atomic E-state index is 5.33. The molecule has 1 radical (unpaired) electrons. The third-order valence-electron chi connectivity index (χ3n) is 10.1. The van der Waals surface area contributed by atoms with Crippen LogP contribution < -0.4 is 0 Å². The molecule has 0 fully saturated rings. The molecule has 3 nitrogen and oxygen atoms in total. The fourth-order valence-electron chi connectivity index (χ4n) is 7.55. The number of rotatable bonds is 6. The Labute approximate surface area is 351 Å². The zero-order valence-corrected chi connectivity index (χ0v) is 34.7. The first kappa shape index (κ1) is 37.7. The Morgan fingerprint density at radius 1 is 0.579 bits per heavy atom. The summed E-state index contributed by atoms with van der Waals surface area (Å²) in [5, 5.41) is 4.86. The number of hydrogen-bond donors (Lipinski definition) is 0. The average molecular weight is 928 g/mol. The van der Waals surface area contributed by atoms with Gasteiger partial charge < -0.3 is 9.55 Å². The predicted molar refractivity (Wildman–Crippen MR) is 235 cm³/mol. The molecule has 0 amide bonds. The van der Waals surface area contributed by atoms with Gasteiger partial charge in [-0.15, -0.1) is 41.3 Å². The maximum Gasteiger partial charge on any atom is 0.0774 e. The number of aryl methyl sites for hydroxylation is 2. The number of aromatic nitrogens is 3. The summed E-state index contributed by atoms with van der Waals surface area (Å²) in [6.45, 7) is 4.39. The second-order valence-electron chi connectivity index (χ2n) is 13.7. The second kappa shape index (κ2) is 16.9. The van der Waals surface area contributed by atoms with Crippen molar-refractivity contribution >= 4 is 32.5 Å². The van der Waals surface area contributed by atoms with Crippen molar-refractivity contribution < 1.29 is 20.1 Å². The van der Waals surface area contributed by atoms with Crippen LogP contribution in [0.15, 0.2) is 188 Å². The van der Waals surface area contributed by atoms with Gasteiger partial charge in [0.25, 0.3) is 0 Å². The largest absolute Gasteiger partial charge is 0.332 e. The molecule has 0 atom stereocenters.